The van der Waals surface area contributed by atoms with Crippen molar-refractivity contribution in [3.05, 3.63) is 0 Å². The third-order valence-electron chi connectivity index (χ3n) is 1.80. The highest BCUT2D eigenvalue weighted by molar-refractivity contribution is 5.76. The highest BCUT2D eigenvalue weighted by atomic mass is 16.2. The Balaban J connectivity index is 4.03. The zero-order valence-corrected chi connectivity index (χ0v) is 8.49. The first-order valence-electron chi connectivity index (χ1n) is 4.78. The molecule has 0 fully saturated rings. The quantitative estimate of drug-likeness (QED) is 0.641. The Hall–Kier alpha value is -1.55. The van der Waals surface area contributed by atoms with Gasteiger partial charge >= 0.3 is 0 Å². The molecule has 1 amide bonds. The molecular formula is C10H15N3O. The number of carbonyl (C=O) groups is 1. The van der Waals surface area contributed by atoms with Crippen LogP contribution in [0.3, 0.4) is 0 Å². The number of hydrogen-bond acceptors (Lipinski definition) is 3. The zero-order valence-electron chi connectivity index (χ0n) is 8.49. The molecule has 0 spiro atoms. The fourth-order valence-electron chi connectivity index (χ4n) is 1.10. The summed E-state index contributed by atoms with van der Waals surface area (Å²) in [6.45, 7) is 2.82. The molecule has 0 unspecified atom stereocenters. The van der Waals surface area contributed by atoms with E-state index in [1.807, 2.05) is 19.1 Å². The van der Waals surface area contributed by atoms with Crippen LogP contribution in [0.2, 0.25) is 0 Å². The number of carbonyl (C=O) groups excluding carboxylic acids is 1. The van der Waals surface area contributed by atoms with E-state index in [4.69, 9.17) is 10.5 Å². The molecular weight excluding hydrogens is 178 g/mol. The molecule has 0 heterocycles. The van der Waals surface area contributed by atoms with Crippen LogP contribution < -0.4 is 0 Å². The minimum atomic E-state index is 0.0398. The van der Waals surface area contributed by atoms with Gasteiger partial charge in [0.2, 0.25) is 5.91 Å². The van der Waals surface area contributed by atoms with Gasteiger partial charge in [0, 0.05) is 19.5 Å². The maximum Gasteiger partial charge on any atom is 0.222 e. The first kappa shape index (κ1) is 12.4. The summed E-state index contributed by atoms with van der Waals surface area (Å²) in [6, 6.07) is 3.99. The highest BCUT2D eigenvalue weighted by Gasteiger charge is 2.10. The van der Waals surface area contributed by atoms with Crippen LogP contribution in [0.5, 0.6) is 0 Å². The van der Waals surface area contributed by atoms with Gasteiger partial charge in [0.15, 0.2) is 0 Å². The lowest BCUT2D eigenvalue weighted by Gasteiger charge is -2.19. The van der Waals surface area contributed by atoms with Crippen LogP contribution >= 0.6 is 0 Å². The Kier molecular flexibility index (Phi) is 7.17. The van der Waals surface area contributed by atoms with Crippen molar-refractivity contribution < 1.29 is 4.79 Å². The Morgan fingerprint density at radius 3 is 2.07 bits per heavy atom. The van der Waals surface area contributed by atoms with E-state index in [0.717, 1.165) is 6.42 Å². The number of nitrogens with zero attached hydrogens (tertiary/aromatic N) is 3. The predicted molar refractivity (Wildman–Crippen MR) is 51.9 cm³/mol. The van der Waals surface area contributed by atoms with Gasteiger partial charge in [-0.25, -0.2) is 0 Å². The van der Waals surface area contributed by atoms with Crippen molar-refractivity contribution in [2.45, 2.75) is 32.6 Å². The zero-order chi connectivity index (χ0) is 10.8. The summed E-state index contributed by atoms with van der Waals surface area (Å²) in [7, 11) is 0. The van der Waals surface area contributed by atoms with Crippen molar-refractivity contribution in [2.75, 3.05) is 13.1 Å². The van der Waals surface area contributed by atoms with E-state index in [0.29, 0.717) is 32.4 Å². The molecule has 4 heteroatoms. The van der Waals surface area contributed by atoms with Gasteiger partial charge in [-0.1, -0.05) is 6.92 Å². The van der Waals surface area contributed by atoms with Gasteiger partial charge in [-0.15, -0.1) is 0 Å². The Morgan fingerprint density at radius 1 is 1.21 bits per heavy atom. The van der Waals surface area contributed by atoms with Crippen molar-refractivity contribution in [1.29, 1.82) is 10.5 Å². The van der Waals surface area contributed by atoms with E-state index in [1.165, 1.54) is 0 Å². The normalized spacial score (nSPS) is 8.79. The van der Waals surface area contributed by atoms with Crippen molar-refractivity contribution in [2.24, 2.45) is 0 Å². The standard InChI is InChI=1S/C10H15N3O/c1-2-5-10(14)13(8-3-6-11)9-4-7-12/h2-5,8-9H2,1H3. The average Bonchev–Trinajstić information content (AvgIpc) is 2.18. The summed E-state index contributed by atoms with van der Waals surface area (Å²) in [5.41, 5.74) is 0. The summed E-state index contributed by atoms with van der Waals surface area (Å²) >= 11 is 0. The van der Waals surface area contributed by atoms with E-state index >= 15 is 0 Å². The molecule has 0 aromatic heterocycles. The third-order valence-corrected chi connectivity index (χ3v) is 1.80. The van der Waals surface area contributed by atoms with Gasteiger partial charge < -0.3 is 4.90 Å². The molecule has 4 nitrogen and oxygen atoms in total. The molecule has 0 aromatic rings. The second kappa shape index (κ2) is 8.07. The predicted octanol–water partition coefficient (Wildman–Crippen LogP) is 1.44. The van der Waals surface area contributed by atoms with Crippen LogP contribution in [0.25, 0.3) is 0 Å². The van der Waals surface area contributed by atoms with Gasteiger partial charge in [-0.2, -0.15) is 10.5 Å². The molecule has 0 aliphatic carbocycles. The van der Waals surface area contributed by atoms with E-state index in [1.54, 1.807) is 4.90 Å². The van der Waals surface area contributed by atoms with E-state index in [2.05, 4.69) is 0 Å². The summed E-state index contributed by atoms with van der Waals surface area (Å²) in [5, 5.41) is 16.8. The first-order chi connectivity index (χ1) is 6.76. The fourth-order valence-corrected chi connectivity index (χ4v) is 1.10. The van der Waals surface area contributed by atoms with Crippen LogP contribution in [-0.4, -0.2) is 23.9 Å². The molecule has 0 atom stereocenters. The van der Waals surface area contributed by atoms with Crippen molar-refractivity contribution in [3.8, 4) is 12.1 Å². The molecule has 0 rings (SSSR count). The number of amides is 1. The first-order valence-corrected chi connectivity index (χ1v) is 4.78. The van der Waals surface area contributed by atoms with Gasteiger partial charge in [-0.05, 0) is 6.42 Å². The Morgan fingerprint density at radius 2 is 1.71 bits per heavy atom. The summed E-state index contributed by atoms with van der Waals surface area (Å²) < 4.78 is 0. The SMILES string of the molecule is CCCC(=O)N(CCC#N)CCC#N. The lowest BCUT2D eigenvalue weighted by atomic mass is 10.2. The smallest absolute Gasteiger partial charge is 0.222 e. The molecule has 0 aromatic carbocycles. The van der Waals surface area contributed by atoms with Crippen molar-refractivity contribution in [3.63, 3.8) is 0 Å². The van der Waals surface area contributed by atoms with Crippen LogP contribution in [0, 0.1) is 22.7 Å². The minimum Gasteiger partial charge on any atom is -0.341 e. The van der Waals surface area contributed by atoms with E-state index in [-0.39, 0.29) is 5.91 Å². The summed E-state index contributed by atoms with van der Waals surface area (Å²) in [4.78, 5) is 13.1. The highest BCUT2D eigenvalue weighted by Crippen LogP contribution is 2.00. The molecule has 14 heavy (non-hydrogen) atoms. The fraction of sp³-hybridized carbons (Fsp3) is 0.700. The van der Waals surface area contributed by atoms with Crippen LogP contribution in [0.1, 0.15) is 32.6 Å². The second-order valence-corrected chi connectivity index (χ2v) is 2.95. The van der Waals surface area contributed by atoms with Gasteiger partial charge in [0.1, 0.15) is 0 Å². The summed E-state index contributed by atoms with van der Waals surface area (Å²) in [5.74, 6) is 0.0398. The van der Waals surface area contributed by atoms with Crippen molar-refractivity contribution in [1.82, 2.24) is 4.90 Å². The maximum atomic E-state index is 11.5. The van der Waals surface area contributed by atoms with Crippen LogP contribution in [-0.2, 0) is 4.79 Å². The number of rotatable bonds is 6. The van der Waals surface area contributed by atoms with E-state index < -0.39 is 0 Å². The largest absolute Gasteiger partial charge is 0.341 e. The van der Waals surface area contributed by atoms with Gasteiger partial charge in [-0.3, -0.25) is 4.79 Å². The second-order valence-electron chi connectivity index (χ2n) is 2.95. The monoisotopic (exact) mass is 193 g/mol. The Bertz CT molecular complexity index is 231. The third kappa shape index (κ3) is 5.16. The molecule has 0 saturated carbocycles. The molecule has 76 valence electrons. The molecule has 0 N–H and O–H groups in total. The topological polar surface area (TPSA) is 67.9 Å². The average molecular weight is 193 g/mol. The molecule has 0 aliphatic heterocycles. The molecule has 0 aliphatic rings. The molecule has 0 radical (unpaired) electrons. The molecule has 0 bridgehead atoms. The summed E-state index contributed by atoms with van der Waals surface area (Å²) in [6.07, 6.45) is 1.97. The van der Waals surface area contributed by atoms with E-state index in [9.17, 15) is 4.79 Å². The number of nitriles is 2. The lowest BCUT2D eigenvalue weighted by Crippen LogP contribution is -2.32. The molecule has 0 saturated heterocycles. The minimum absolute atomic E-state index is 0.0398. The van der Waals surface area contributed by atoms with Crippen molar-refractivity contribution >= 4 is 5.91 Å². The Labute approximate surface area is 84.7 Å². The van der Waals surface area contributed by atoms with Crippen LogP contribution in [0.4, 0.5) is 0 Å². The van der Waals surface area contributed by atoms with Crippen LogP contribution in [0.15, 0.2) is 0 Å². The maximum absolute atomic E-state index is 11.5. The number of hydrogen-bond donors (Lipinski definition) is 0. The van der Waals surface area contributed by atoms with Gasteiger partial charge in [0.05, 0.1) is 25.0 Å². The van der Waals surface area contributed by atoms with Gasteiger partial charge in [0.25, 0.3) is 0 Å². The lowest BCUT2D eigenvalue weighted by molar-refractivity contribution is -0.131.